The number of aromatic nitrogens is 2. The van der Waals surface area contributed by atoms with Gasteiger partial charge in [-0.15, -0.1) is 0 Å². The second-order valence-corrected chi connectivity index (χ2v) is 10.7. The molecule has 1 aliphatic rings. The first kappa shape index (κ1) is 25.0. The number of likely N-dealkylation sites (N-methyl/N-ethyl adjacent to an activating group) is 1. The van der Waals surface area contributed by atoms with Crippen molar-refractivity contribution in [2.45, 2.75) is 31.7 Å². The average molecular weight is 508 g/mol. The molecule has 1 fully saturated rings. The Hall–Kier alpha value is -3.09. The van der Waals surface area contributed by atoms with Crippen LogP contribution >= 0.6 is 0 Å². The summed E-state index contributed by atoms with van der Waals surface area (Å²) in [4.78, 5) is 14.9. The Labute approximate surface area is 202 Å². The first-order chi connectivity index (χ1) is 16.5. The van der Waals surface area contributed by atoms with Gasteiger partial charge in [0, 0.05) is 37.6 Å². The number of halogens is 2. The maximum Gasteiger partial charge on any atom is 0.303 e. The zero-order valence-electron chi connectivity index (χ0n) is 19.4. The highest BCUT2D eigenvalue weighted by molar-refractivity contribution is 7.87. The van der Waals surface area contributed by atoms with Gasteiger partial charge < -0.3 is 10.0 Å². The third-order valence-corrected chi connectivity index (χ3v) is 7.88. The molecule has 0 aliphatic carbocycles. The van der Waals surface area contributed by atoms with Crippen LogP contribution in [0.3, 0.4) is 0 Å². The van der Waals surface area contributed by atoms with Crippen molar-refractivity contribution in [1.29, 1.82) is 0 Å². The quantitative estimate of drug-likeness (QED) is 0.484. The van der Waals surface area contributed by atoms with E-state index in [1.807, 2.05) is 17.7 Å². The highest BCUT2D eigenvalue weighted by Crippen LogP contribution is 2.37. The van der Waals surface area contributed by atoms with Gasteiger partial charge in [-0.3, -0.25) is 4.79 Å². The number of nitrogens with one attached hydrogen (secondary N) is 1. The van der Waals surface area contributed by atoms with Gasteiger partial charge in [0.2, 0.25) is 0 Å². The fourth-order valence-corrected chi connectivity index (χ4v) is 5.38. The largest absolute Gasteiger partial charge is 0.395 e. The molecular formula is C23H27F2N5O4S. The van der Waals surface area contributed by atoms with Crippen LogP contribution in [0.2, 0.25) is 0 Å². The van der Waals surface area contributed by atoms with Crippen LogP contribution in [0.1, 0.15) is 35.7 Å². The Morgan fingerprint density at radius 1 is 1.29 bits per heavy atom. The van der Waals surface area contributed by atoms with Crippen molar-refractivity contribution < 1.29 is 27.1 Å². The Kier molecular flexibility index (Phi) is 6.80. The Morgan fingerprint density at radius 3 is 2.80 bits per heavy atom. The number of carbonyl (C=O) groups is 1. The number of hydrogen-bond donors (Lipinski definition) is 2. The first-order valence-corrected chi connectivity index (χ1v) is 12.6. The van der Waals surface area contributed by atoms with E-state index in [-0.39, 0.29) is 18.7 Å². The Balaban J connectivity index is 1.64. The zero-order chi connectivity index (χ0) is 25.4. The third kappa shape index (κ3) is 5.00. The molecule has 188 valence electrons. The van der Waals surface area contributed by atoms with Gasteiger partial charge in [0.15, 0.2) is 0 Å². The number of fused-ring (bicyclic) bond motifs is 1. The summed E-state index contributed by atoms with van der Waals surface area (Å²) in [5.74, 6) is -1.81. The second kappa shape index (κ2) is 9.51. The number of nitrogens with zero attached hydrogens (tertiary/aromatic N) is 4. The van der Waals surface area contributed by atoms with Crippen LogP contribution in [0.15, 0.2) is 42.7 Å². The molecule has 1 saturated heterocycles. The van der Waals surface area contributed by atoms with Gasteiger partial charge in [-0.1, -0.05) is 0 Å². The van der Waals surface area contributed by atoms with Crippen molar-refractivity contribution in [3.63, 3.8) is 0 Å². The van der Waals surface area contributed by atoms with Gasteiger partial charge in [0.05, 0.1) is 23.9 Å². The van der Waals surface area contributed by atoms with Crippen LogP contribution in [-0.2, 0) is 16.6 Å². The molecule has 0 unspecified atom stereocenters. The van der Waals surface area contributed by atoms with Crippen LogP contribution in [-0.4, -0.2) is 65.6 Å². The predicted octanol–water partition coefficient (Wildman–Crippen LogP) is 2.11. The van der Waals surface area contributed by atoms with Crippen molar-refractivity contribution in [3.8, 4) is 0 Å². The molecule has 1 atom stereocenters. The van der Waals surface area contributed by atoms with Crippen molar-refractivity contribution in [2.24, 2.45) is 0 Å². The second-order valence-electron chi connectivity index (χ2n) is 8.92. The summed E-state index contributed by atoms with van der Waals surface area (Å²) < 4.78 is 57.1. The molecule has 4 rings (SSSR count). The molecule has 2 N–H and O–H groups in total. The fourth-order valence-electron chi connectivity index (χ4n) is 4.56. The van der Waals surface area contributed by atoms with Crippen LogP contribution in [0.5, 0.6) is 0 Å². The summed E-state index contributed by atoms with van der Waals surface area (Å²) in [6, 6.07) is 6.99. The van der Waals surface area contributed by atoms with E-state index in [0.29, 0.717) is 24.0 Å². The van der Waals surface area contributed by atoms with Crippen molar-refractivity contribution in [3.05, 3.63) is 65.5 Å². The number of aliphatic hydroxyl groups is 1. The van der Waals surface area contributed by atoms with Gasteiger partial charge in [0.1, 0.15) is 11.6 Å². The van der Waals surface area contributed by atoms with E-state index in [4.69, 9.17) is 5.11 Å². The minimum atomic E-state index is -4.14. The molecule has 3 heterocycles. The van der Waals surface area contributed by atoms with Crippen molar-refractivity contribution >= 4 is 27.3 Å². The van der Waals surface area contributed by atoms with E-state index in [1.165, 1.54) is 23.8 Å². The number of carbonyl (C=O) groups excluding carboxylic acids is 1. The molecule has 0 bridgehead atoms. The number of rotatable bonds is 8. The number of benzene rings is 1. The highest BCUT2D eigenvalue weighted by atomic mass is 32.2. The van der Waals surface area contributed by atoms with Crippen LogP contribution in [0.4, 0.5) is 14.5 Å². The zero-order valence-corrected chi connectivity index (χ0v) is 20.2. The Morgan fingerprint density at radius 2 is 2.06 bits per heavy atom. The number of aliphatic hydroxyl groups excluding tert-OH is 1. The molecule has 0 radical (unpaired) electrons. The number of hydrogen-bond acceptors (Lipinski definition) is 6. The highest BCUT2D eigenvalue weighted by Gasteiger charge is 2.38. The van der Waals surface area contributed by atoms with E-state index < -0.39 is 33.3 Å². The number of pyridine rings is 1. The van der Waals surface area contributed by atoms with Gasteiger partial charge in [-0.25, -0.2) is 18.0 Å². The molecule has 9 nitrogen and oxygen atoms in total. The number of anilines is 1. The van der Waals surface area contributed by atoms with Gasteiger partial charge in [-0.2, -0.15) is 17.8 Å². The summed E-state index contributed by atoms with van der Waals surface area (Å²) in [6.45, 7) is 2.11. The van der Waals surface area contributed by atoms with E-state index in [9.17, 15) is 22.0 Å². The van der Waals surface area contributed by atoms with Crippen molar-refractivity contribution in [2.75, 3.05) is 31.6 Å². The lowest BCUT2D eigenvalue weighted by molar-refractivity contribution is 0.0980. The lowest BCUT2D eigenvalue weighted by Gasteiger charge is -2.37. The third-order valence-electron chi connectivity index (χ3n) is 6.44. The molecular weight excluding hydrogens is 480 g/mol. The maximum absolute atomic E-state index is 14.4. The Bertz CT molecular complexity index is 1360. The standard InChI is InChI=1S/C23H27F2N5O4S/c1-23(14-16-12-17(24)4-5-20(16)25)7-3-8-29(23)18-6-9-30-21(13-18)19(15-26-30)22(32)27-35(33,34)28(2)10-11-31/h4-6,9,12-13,15,31H,3,7-8,10-11,14H2,1-2H3,(H,27,32)/t23-/m0/s1. The van der Waals surface area contributed by atoms with Gasteiger partial charge in [-0.05, 0) is 62.1 Å². The monoisotopic (exact) mass is 507 g/mol. The molecule has 1 aliphatic heterocycles. The average Bonchev–Trinajstić information content (AvgIpc) is 3.39. The molecule has 0 saturated carbocycles. The van der Waals surface area contributed by atoms with Gasteiger partial charge >= 0.3 is 10.2 Å². The SMILES string of the molecule is CN(CCO)S(=O)(=O)NC(=O)c1cnn2ccc(N3CCC[C@@]3(C)Cc3cc(F)ccc3F)cc12. The molecule has 0 spiro atoms. The summed E-state index contributed by atoms with van der Waals surface area (Å²) >= 11 is 0. The molecule has 1 aromatic carbocycles. The van der Waals surface area contributed by atoms with Crippen LogP contribution < -0.4 is 9.62 Å². The minimum absolute atomic E-state index is 0.0601. The smallest absolute Gasteiger partial charge is 0.303 e. The molecule has 35 heavy (non-hydrogen) atoms. The van der Waals surface area contributed by atoms with E-state index >= 15 is 0 Å². The number of amides is 1. The van der Waals surface area contributed by atoms with Crippen molar-refractivity contribution in [1.82, 2.24) is 18.6 Å². The lowest BCUT2D eigenvalue weighted by Crippen LogP contribution is -2.43. The van der Waals surface area contributed by atoms with Crippen LogP contribution in [0, 0.1) is 11.6 Å². The van der Waals surface area contributed by atoms with E-state index in [0.717, 1.165) is 35.0 Å². The normalized spacial score (nSPS) is 18.5. The maximum atomic E-state index is 14.4. The summed E-state index contributed by atoms with van der Waals surface area (Å²) in [5, 5.41) is 13.1. The summed E-state index contributed by atoms with van der Waals surface area (Å²) in [6.07, 6.45) is 4.84. The molecule has 1 amide bonds. The lowest BCUT2D eigenvalue weighted by atomic mass is 9.89. The summed E-state index contributed by atoms with van der Waals surface area (Å²) in [7, 11) is -2.90. The molecule has 3 aromatic rings. The first-order valence-electron chi connectivity index (χ1n) is 11.1. The minimum Gasteiger partial charge on any atom is -0.395 e. The fraction of sp³-hybridized carbons (Fsp3) is 0.391. The van der Waals surface area contributed by atoms with E-state index in [1.54, 1.807) is 12.3 Å². The predicted molar refractivity (Wildman–Crippen MR) is 126 cm³/mol. The topological polar surface area (TPSA) is 107 Å². The summed E-state index contributed by atoms with van der Waals surface area (Å²) in [5.41, 5.74) is 1.01. The van der Waals surface area contributed by atoms with Gasteiger partial charge in [0.25, 0.3) is 5.91 Å². The van der Waals surface area contributed by atoms with Crippen LogP contribution in [0.25, 0.3) is 5.52 Å². The molecule has 2 aromatic heterocycles. The van der Waals surface area contributed by atoms with E-state index in [2.05, 4.69) is 10.00 Å². The molecule has 12 heteroatoms.